The highest BCUT2D eigenvalue weighted by molar-refractivity contribution is 5.76. The minimum atomic E-state index is -0.663. The molecular weight excluding hydrogens is 1110 g/mol. The molecule has 2 unspecified atom stereocenters. The SMILES string of the molecule is CCCCCC/C=C\C/C=C\CCCCCCCCCC(=O)OCCCCCCCCCCCCCCCC/C=C\CCCCCCCCCCCCCCCCCCCC(=O)NC(CO)C(O)CCCCCCCCCCCCCCCCCCCCCCC. The summed E-state index contributed by atoms with van der Waals surface area (Å²) >= 11 is 0. The van der Waals surface area contributed by atoms with Crippen molar-refractivity contribution in [2.24, 2.45) is 0 Å². The average Bonchev–Trinajstić information content (AvgIpc) is 3.74. The maximum absolute atomic E-state index is 12.6. The predicted molar refractivity (Wildman–Crippen MR) is 403 cm³/mol. The molecule has 0 aliphatic rings. The number of carbonyl (C=O) groups excluding carboxylic acids is 2. The number of aliphatic hydroxyl groups is 2. The van der Waals surface area contributed by atoms with Crippen LogP contribution in [0.3, 0.4) is 0 Å². The topological polar surface area (TPSA) is 95.9 Å². The van der Waals surface area contributed by atoms with E-state index < -0.39 is 12.1 Å². The fourth-order valence-corrected chi connectivity index (χ4v) is 13.3. The van der Waals surface area contributed by atoms with Crippen molar-refractivity contribution in [3.05, 3.63) is 36.5 Å². The van der Waals surface area contributed by atoms with Crippen LogP contribution in [-0.2, 0) is 14.3 Å². The number of allylic oxidation sites excluding steroid dienone is 6. The highest BCUT2D eigenvalue weighted by Crippen LogP contribution is 2.20. The van der Waals surface area contributed by atoms with Gasteiger partial charge < -0.3 is 20.3 Å². The Balaban J connectivity index is 3.34. The van der Waals surface area contributed by atoms with E-state index in [1.807, 2.05) is 0 Å². The Morgan fingerprint density at radius 1 is 0.308 bits per heavy atom. The van der Waals surface area contributed by atoms with Gasteiger partial charge in [0.05, 0.1) is 25.4 Å². The van der Waals surface area contributed by atoms with E-state index in [4.69, 9.17) is 4.74 Å². The fourth-order valence-electron chi connectivity index (χ4n) is 13.3. The summed E-state index contributed by atoms with van der Waals surface area (Å²) in [5.41, 5.74) is 0. The van der Waals surface area contributed by atoms with E-state index in [1.54, 1.807) is 0 Å². The maximum Gasteiger partial charge on any atom is 0.305 e. The van der Waals surface area contributed by atoms with Crippen LogP contribution in [0.4, 0.5) is 0 Å². The zero-order valence-corrected chi connectivity index (χ0v) is 61.9. The first-order valence-corrected chi connectivity index (χ1v) is 41.7. The van der Waals surface area contributed by atoms with E-state index in [2.05, 4.69) is 55.6 Å². The largest absolute Gasteiger partial charge is 0.466 e. The average molecular weight is 1280 g/mol. The molecule has 91 heavy (non-hydrogen) atoms. The summed E-state index contributed by atoms with van der Waals surface area (Å²) in [5, 5.41) is 23.5. The second kappa shape index (κ2) is 80.5. The number of carbonyl (C=O) groups is 2. The molecule has 0 saturated carbocycles. The van der Waals surface area contributed by atoms with Gasteiger partial charge in [-0.3, -0.25) is 9.59 Å². The van der Waals surface area contributed by atoms with Gasteiger partial charge in [0.2, 0.25) is 5.91 Å². The molecule has 1 amide bonds. The van der Waals surface area contributed by atoms with Crippen molar-refractivity contribution in [2.75, 3.05) is 13.2 Å². The summed E-state index contributed by atoms with van der Waals surface area (Å²) in [4.78, 5) is 24.7. The molecule has 2 atom stereocenters. The Bertz CT molecular complexity index is 1470. The van der Waals surface area contributed by atoms with Crippen LogP contribution in [0.15, 0.2) is 36.5 Å². The number of rotatable bonds is 79. The summed E-state index contributed by atoms with van der Waals surface area (Å²) in [5.74, 6) is -0.0124. The number of unbranched alkanes of at least 4 members (excludes halogenated alkanes) is 62. The van der Waals surface area contributed by atoms with Crippen molar-refractivity contribution >= 4 is 11.9 Å². The first-order valence-electron chi connectivity index (χ1n) is 41.7. The number of ether oxygens (including phenoxy) is 1. The molecule has 3 N–H and O–H groups in total. The molecule has 0 rings (SSSR count). The van der Waals surface area contributed by atoms with Crippen molar-refractivity contribution in [3.63, 3.8) is 0 Å². The summed E-state index contributed by atoms with van der Waals surface area (Å²) in [6, 6.07) is -0.540. The number of aliphatic hydroxyl groups excluding tert-OH is 2. The first kappa shape index (κ1) is 89.1. The number of amides is 1. The standard InChI is InChI=1S/C85H163NO5/c1-3-5-7-9-11-13-15-17-19-21-23-39-42-45-49-53-57-61-65-69-73-77-83(88)82(81-87)86-84(89)78-74-70-66-62-58-54-50-46-43-40-37-35-33-31-29-27-25-24-26-28-30-32-34-36-38-41-44-48-52-56-60-64-68-72-76-80-91-85(90)79-75-71-67-63-59-55-51-47-22-20-18-16-14-12-10-8-6-4-2/h14,16,20,22,26,28,82-83,87-88H,3-13,15,17-19,21,23-25,27,29-81H2,1-2H3,(H,86,89)/b16-14-,22-20-,28-26-. The van der Waals surface area contributed by atoms with Crippen LogP contribution in [0.5, 0.6) is 0 Å². The lowest BCUT2D eigenvalue weighted by atomic mass is 10.0. The number of nitrogens with one attached hydrogen (secondary N) is 1. The lowest BCUT2D eigenvalue weighted by Crippen LogP contribution is -2.45. The second-order valence-electron chi connectivity index (χ2n) is 28.8. The van der Waals surface area contributed by atoms with Crippen LogP contribution >= 0.6 is 0 Å². The molecule has 0 heterocycles. The van der Waals surface area contributed by atoms with Crippen molar-refractivity contribution in [1.82, 2.24) is 5.32 Å². The second-order valence-corrected chi connectivity index (χ2v) is 28.8. The van der Waals surface area contributed by atoms with Gasteiger partial charge in [-0.1, -0.05) is 410 Å². The lowest BCUT2D eigenvalue weighted by molar-refractivity contribution is -0.143. The first-order chi connectivity index (χ1) is 45.0. The Hall–Kier alpha value is -1.92. The van der Waals surface area contributed by atoms with E-state index in [9.17, 15) is 19.8 Å². The van der Waals surface area contributed by atoms with E-state index in [1.165, 1.54) is 385 Å². The zero-order chi connectivity index (χ0) is 65.6. The number of esters is 1. The molecule has 0 aliphatic carbocycles. The van der Waals surface area contributed by atoms with Gasteiger partial charge in [-0.15, -0.1) is 0 Å². The van der Waals surface area contributed by atoms with Crippen LogP contribution < -0.4 is 5.32 Å². The van der Waals surface area contributed by atoms with E-state index in [0.29, 0.717) is 25.9 Å². The molecule has 0 spiro atoms. The Morgan fingerprint density at radius 3 is 0.857 bits per heavy atom. The van der Waals surface area contributed by atoms with Gasteiger partial charge in [0.1, 0.15) is 0 Å². The minimum absolute atomic E-state index is 0.0137. The van der Waals surface area contributed by atoms with Gasteiger partial charge in [0.15, 0.2) is 0 Å². The van der Waals surface area contributed by atoms with Crippen LogP contribution in [0.2, 0.25) is 0 Å². The Labute approximate surface area is 570 Å². The quantitative estimate of drug-likeness (QED) is 0.0320. The van der Waals surface area contributed by atoms with Gasteiger partial charge in [0, 0.05) is 12.8 Å². The summed E-state index contributed by atoms with van der Waals surface area (Å²) in [7, 11) is 0. The van der Waals surface area contributed by atoms with Gasteiger partial charge in [0.25, 0.3) is 0 Å². The van der Waals surface area contributed by atoms with Crippen molar-refractivity contribution < 1.29 is 24.5 Å². The zero-order valence-electron chi connectivity index (χ0n) is 61.9. The highest BCUT2D eigenvalue weighted by Gasteiger charge is 2.20. The third-order valence-corrected chi connectivity index (χ3v) is 19.7. The number of hydrogen-bond donors (Lipinski definition) is 3. The summed E-state index contributed by atoms with van der Waals surface area (Å²) in [6.07, 6.45) is 105. The fraction of sp³-hybridized carbons (Fsp3) is 0.906. The van der Waals surface area contributed by atoms with Crippen LogP contribution in [-0.4, -0.2) is 47.4 Å². The van der Waals surface area contributed by atoms with E-state index in [0.717, 1.165) is 51.4 Å². The molecule has 0 fully saturated rings. The molecule has 0 bridgehead atoms. The molecule has 0 aromatic rings. The molecule has 0 aliphatic heterocycles. The third kappa shape index (κ3) is 77.0. The normalized spacial score (nSPS) is 12.6. The molecule has 538 valence electrons. The van der Waals surface area contributed by atoms with Crippen LogP contribution in [0.25, 0.3) is 0 Å². The molecular formula is C85H163NO5. The summed E-state index contributed by atoms with van der Waals surface area (Å²) < 4.78 is 5.51. The van der Waals surface area contributed by atoms with Crippen molar-refractivity contribution in [2.45, 2.75) is 482 Å². The Kier molecular flexibility index (Phi) is 78.8. The van der Waals surface area contributed by atoms with Gasteiger partial charge >= 0.3 is 5.97 Å². The van der Waals surface area contributed by atoms with Gasteiger partial charge in [-0.05, 0) is 83.5 Å². The van der Waals surface area contributed by atoms with Gasteiger partial charge in [-0.2, -0.15) is 0 Å². The van der Waals surface area contributed by atoms with E-state index >= 15 is 0 Å². The maximum atomic E-state index is 12.6. The monoisotopic (exact) mass is 1280 g/mol. The molecule has 6 heteroatoms. The third-order valence-electron chi connectivity index (χ3n) is 19.7. The highest BCUT2D eigenvalue weighted by atomic mass is 16.5. The lowest BCUT2D eigenvalue weighted by Gasteiger charge is -2.22. The smallest absolute Gasteiger partial charge is 0.305 e. The molecule has 0 saturated heterocycles. The van der Waals surface area contributed by atoms with E-state index in [-0.39, 0.29) is 18.5 Å². The van der Waals surface area contributed by atoms with Crippen molar-refractivity contribution in [3.8, 4) is 0 Å². The predicted octanol–water partition coefficient (Wildman–Crippen LogP) is 27.8. The summed E-state index contributed by atoms with van der Waals surface area (Å²) in [6.45, 7) is 4.99. The number of hydrogen-bond acceptors (Lipinski definition) is 5. The molecule has 0 aromatic carbocycles. The van der Waals surface area contributed by atoms with Gasteiger partial charge in [-0.25, -0.2) is 0 Å². The molecule has 6 nitrogen and oxygen atoms in total. The minimum Gasteiger partial charge on any atom is -0.466 e. The van der Waals surface area contributed by atoms with Crippen LogP contribution in [0.1, 0.15) is 470 Å². The molecule has 0 aromatic heterocycles. The molecule has 0 radical (unpaired) electrons. The van der Waals surface area contributed by atoms with Crippen molar-refractivity contribution in [1.29, 1.82) is 0 Å². The Morgan fingerprint density at radius 2 is 0.549 bits per heavy atom. The van der Waals surface area contributed by atoms with Crippen LogP contribution in [0, 0.1) is 0 Å².